The number of amides is 1. The van der Waals surface area contributed by atoms with Gasteiger partial charge in [-0.25, -0.2) is 4.79 Å². The molecule has 1 aliphatic heterocycles. The number of benzene rings is 1. The average Bonchev–Trinajstić information content (AvgIpc) is 2.90. The van der Waals surface area contributed by atoms with Gasteiger partial charge in [0.15, 0.2) is 0 Å². The van der Waals surface area contributed by atoms with E-state index in [1.54, 1.807) is 0 Å². The van der Waals surface area contributed by atoms with E-state index in [4.69, 9.17) is 4.74 Å². The van der Waals surface area contributed by atoms with Crippen LogP contribution in [-0.2, 0) is 4.74 Å². The van der Waals surface area contributed by atoms with E-state index >= 15 is 0 Å². The molecular weight excluding hydrogens is 280 g/mol. The highest BCUT2D eigenvalue weighted by Crippen LogP contribution is 2.36. The van der Waals surface area contributed by atoms with Crippen molar-refractivity contribution in [2.75, 3.05) is 13.1 Å². The minimum atomic E-state index is -0.583. The predicted octanol–water partition coefficient (Wildman–Crippen LogP) is 1.77. The zero-order chi connectivity index (χ0) is 15.4. The number of nitrogens with one attached hydrogen (secondary N) is 2. The van der Waals surface area contributed by atoms with E-state index < -0.39 is 18.3 Å². The van der Waals surface area contributed by atoms with E-state index in [1.165, 1.54) is 5.56 Å². The normalized spacial score (nSPS) is 31.7. The van der Waals surface area contributed by atoms with E-state index in [1.807, 2.05) is 18.2 Å². The van der Waals surface area contributed by atoms with E-state index in [0.717, 1.165) is 25.9 Å². The zero-order valence-electron chi connectivity index (χ0n) is 12.7. The van der Waals surface area contributed by atoms with Crippen LogP contribution < -0.4 is 10.6 Å². The van der Waals surface area contributed by atoms with Gasteiger partial charge in [-0.15, -0.1) is 0 Å². The molecule has 0 bridgehead atoms. The minimum absolute atomic E-state index is 0.129. The first-order chi connectivity index (χ1) is 10.7. The molecule has 1 heterocycles. The molecule has 120 valence electrons. The molecule has 0 aromatic heterocycles. The fourth-order valence-electron chi connectivity index (χ4n) is 3.41. The number of hydrogen-bond donors (Lipinski definition) is 3. The summed E-state index contributed by atoms with van der Waals surface area (Å²) in [5.41, 5.74) is 1.20. The maximum atomic E-state index is 12.0. The molecule has 5 nitrogen and oxygen atoms in total. The van der Waals surface area contributed by atoms with Gasteiger partial charge in [0.2, 0.25) is 0 Å². The lowest BCUT2D eigenvalue weighted by Crippen LogP contribution is -2.46. The predicted molar refractivity (Wildman–Crippen MR) is 83.7 cm³/mol. The molecule has 1 saturated carbocycles. The SMILES string of the molecule is O=C(NC1CCCNC1)OC1CC(c2ccccc2)CC1O. The lowest BCUT2D eigenvalue weighted by Gasteiger charge is -2.24. The Morgan fingerprint density at radius 2 is 2.09 bits per heavy atom. The number of carbonyl (C=O) groups excluding carboxylic acids is 1. The largest absolute Gasteiger partial charge is 0.443 e. The lowest BCUT2D eigenvalue weighted by molar-refractivity contribution is 0.0207. The Kier molecular flexibility index (Phi) is 4.95. The molecule has 3 rings (SSSR count). The third-order valence-corrected chi connectivity index (χ3v) is 4.62. The molecule has 1 amide bonds. The van der Waals surface area contributed by atoms with Crippen LogP contribution in [0.3, 0.4) is 0 Å². The Morgan fingerprint density at radius 3 is 2.82 bits per heavy atom. The third kappa shape index (κ3) is 3.78. The third-order valence-electron chi connectivity index (χ3n) is 4.62. The number of alkyl carbamates (subject to hydrolysis) is 1. The summed E-state index contributed by atoms with van der Waals surface area (Å²) in [5.74, 6) is 0.255. The van der Waals surface area contributed by atoms with Crippen molar-refractivity contribution in [2.24, 2.45) is 0 Å². The molecule has 1 aromatic carbocycles. The second-order valence-electron chi connectivity index (χ2n) is 6.28. The molecule has 3 N–H and O–H groups in total. The monoisotopic (exact) mass is 304 g/mol. The Bertz CT molecular complexity index is 488. The van der Waals surface area contributed by atoms with Crippen molar-refractivity contribution in [1.29, 1.82) is 0 Å². The molecule has 2 aliphatic rings. The lowest BCUT2D eigenvalue weighted by atomic mass is 9.98. The van der Waals surface area contributed by atoms with Gasteiger partial charge in [0.1, 0.15) is 6.10 Å². The Morgan fingerprint density at radius 1 is 1.27 bits per heavy atom. The molecule has 4 atom stereocenters. The van der Waals surface area contributed by atoms with Crippen LogP contribution in [0.2, 0.25) is 0 Å². The molecule has 1 aromatic rings. The van der Waals surface area contributed by atoms with Crippen molar-refractivity contribution >= 4 is 6.09 Å². The molecule has 0 spiro atoms. The first-order valence-electron chi connectivity index (χ1n) is 8.13. The van der Waals surface area contributed by atoms with E-state index in [2.05, 4.69) is 22.8 Å². The Labute approximate surface area is 131 Å². The topological polar surface area (TPSA) is 70.6 Å². The maximum Gasteiger partial charge on any atom is 0.407 e. The summed E-state index contributed by atoms with van der Waals surface area (Å²) in [5, 5.41) is 16.3. The van der Waals surface area contributed by atoms with Gasteiger partial charge in [-0.3, -0.25) is 0 Å². The standard InChI is InChI=1S/C17H24N2O3/c20-15-9-13(12-5-2-1-3-6-12)10-16(15)22-17(21)19-14-7-4-8-18-11-14/h1-3,5-6,13-16,18,20H,4,7-11H2,(H,19,21). The van der Waals surface area contributed by atoms with E-state index in [9.17, 15) is 9.90 Å². The maximum absolute atomic E-state index is 12.0. The quantitative estimate of drug-likeness (QED) is 0.796. The first kappa shape index (κ1) is 15.3. The second-order valence-corrected chi connectivity index (χ2v) is 6.28. The van der Waals surface area contributed by atoms with E-state index in [0.29, 0.717) is 12.8 Å². The van der Waals surface area contributed by atoms with Gasteiger partial charge >= 0.3 is 6.09 Å². The Hall–Kier alpha value is -1.59. The molecule has 1 saturated heterocycles. The van der Waals surface area contributed by atoms with Crippen molar-refractivity contribution < 1.29 is 14.6 Å². The smallest absolute Gasteiger partial charge is 0.407 e. The van der Waals surface area contributed by atoms with Crippen LogP contribution in [0.1, 0.15) is 37.2 Å². The second kappa shape index (κ2) is 7.11. The van der Waals surface area contributed by atoms with Crippen LogP contribution in [0.4, 0.5) is 4.79 Å². The van der Waals surface area contributed by atoms with Crippen LogP contribution in [0.5, 0.6) is 0 Å². The molecule has 1 aliphatic carbocycles. The fourth-order valence-corrected chi connectivity index (χ4v) is 3.41. The van der Waals surface area contributed by atoms with Crippen molar-refractivity contribution in [3.8, 4) is 0 Å². The van der Waals surface area contributed by atoms with Gasteiger partial charge in [0, 0.05) is 12.6 Å². The highest BCUT2D eigenvalue weighted by Gasteiger charge is 2.36. The summed E-state index contributed by atoms with van der Waals surface area (Å²) in [7, 11) is 0. The number of rotatable bonds is 3. The van der Waals surface area contributed by atoms with Crippen molar-refractivity contribution in [3.63, 3.8) is 0 Å². The van der Waals surface area contributed by atoms with Gasteiger partial charge in [0.25, 0.3) is 0 Å². The molecule has 0 radical (unpaired) electrons. The molecular formula is C17H24N2O3. The molecule has 5 heteroatoms. The highest BCUT2D eigenvalue weighted by atomic mass is 16.6. The van der Waals surface area contributed by atoms with Crippen molar-refractivity contribution in [2.45, 2.75) is 49.9 Å². The number of aliphatic hydroxyl groups is 1. The number of hydrogen-bond acceptors (Lipinski definition) is 4. The average molecular weight is 304 g/mol. The van der Waals surface area contributed by atoms with E-state index in [-0.39, 0.29) is 12.0 Å². The summed E-state index contributed by atoms with van der Waals surface area (Å²) in [4.78, 5) is 12.0. The number of piperidine rings is 1. The summed E-state index contributed by atoms with van der Waals surface area (Å²) in [6.07, 6.45) is 1.96. The van der Waals surface area contributed by atoms with Gasteiger partial charge in [-0.2, -0.15) is 0 Å². The van der Waals surface area contributed by atoms with Gasteiger partial charge in [-0.1, -0.05) is 30.3 Å². The number of ether oxygens (including phenoxy) is 1. The zero-order valence-corrected chi connectivity index (χ0v) is 12.7. The number of carbonyl (C=O) groups is 1. The molecule has 22 heavy (non-hydrogen) atoms. The molecule has 4 unspecified atom stereocenters. The first-order valence-corrected chi connectivity index (χ1v) is 8.13. The van der Waals surface area contributed by atoms with Crippen LogP contribution in [0.15, 0.2) is 30.3 Å². The summed E-state index contributed by atoms with van der Waals surface area (Å²) in [6.45, 7) is 1.79. The highest BCUT2D eigenvalue weighted by molar-refractivity contribution is 5.68. The van der Waals surface area contributed by atoms with Crippen molar-refractivity contribution in [3.05, 3.63) is 35.9 Å². The van der Waals surface area contributed by atoms with Crippen LogP contribution in [-0.4, -0.2) is 42.5 Å². The summed E-state index contributed by atoms with van der Waals surface area (Å²) >= 11 is 0. The van der Waals surface area contributed by atoms with Gasteiger partial charge < -0.3 is 20.5 Å². The van der Waals surface area contributed by atoms with Crippen LogP contribution >= 0.6 is 0 Å². The summed E-state index contributed by atoms with van der Waals surface area (Å²) < 4.78 is 5.45. The van der Waals surface area contributed by atoms with Crippen molar-refractivity contribution in [1.82, 2.24) is 10.6 Å². The van der Waals surface area contributed by atoms with Gasteiger partial charge in [-0.05, 0) is 43.7 Å². The number of aliphatic hydroxyl groups excluding tert-OH is 1. The molecule has 2 fully saturated rings. The van der Waals surface area contributed by atoms with Crippen LogP contribution in [0, 0.1) is 0 Å². The summed E-state index contributed by atoms with van der Waals surface area (Å²) in [6, 6.07) is 10.2. The van der Waals surface area contributed by atoms with Gasteiger partial charge in [0.05, 0.1) is 6.10 Å². The Balaban J connectivity index is 1.51. The van der Waals surface area contributed by atoms with Crippen LogP contribution in [0.25, 0.3) is 0 Å². The minimum Gasteiger partial charge on any atom is -0.443 e. The fraction of sp³-hybridized carbons (Fsp3) is 0.588.